The third-order valence-corrected chi connectivity index (χ3v) is 11.4. The highest BCUT2D eigenvalue weighted by Gasteiger charge is 2.39. The number of aryl methyl sites for hydroxylation is 2. The number of rotatable bonds is 6. The van der Waals surface area contributed by atoms with Crippen molar-refractivity contribution in [1.82, 2.24) is 39.0 Å². The third-order valence-electron chi connectivity index (χ3n) is 11.2. The zero-order valence-corrected chi connectivity index (χ0v) is 38.6. The summed E-state index contributed by atoms with van der Waals surface area (Å²) in [6.45, 7) is 3.74. The van der Waals surface area contributed by atoms with Gasteiger partial charge in [-0.3, -0.25) is 0 Å². The molecule has 2 atom stereocenters. The van der Waals surface area contributed by atoms with Crippen molar-refractivity contribution in [2.24, 2.45) is 0 Å². The number of imidazole rings is 2. The molecular weight excluding hydrogens is 964 g/mol. The molecule has 23 heteroatoms. The van der Waals surface area contributed by atoms with Crippen LogP contribution in [0.15, 0.2) is 122 Å². The molecule has 0 saturated heterocycles. The maximum atomic E-state index is 14.7. The average Bonchev–Trinajstić information content (AvgIpc) is 3.97. The van der Waals surface area contributed by atoms with Gasteiger partial charge in [0.15, 0.2) is 23.1 Å². The molecule has 368 valence electrons. The van der Waals surface area contributed by atoms with Crippen LogP contribution in [-0.2, 0) is 12.4 Å². The number of aromatic nitrogens is 8. The van der Waals surface area contributed by atoms with Gasteiger partial charge in [-0.05, 0) is 85.1 Å². The summed E-state index contributed by atoms with van der Waals surface area (Å²) < 4.78 is 123. The number of nitrogens with one attached hydrogen (secondary N) is 1. The first-order valence-electron chi connectivity index (χ1n) is 21.3. The van der Waals surface area contributed by atoms with E-state index in [1.165, 1.54) is 55.1 Å². The summed E-state index contributed by atoms with van der Waals surface area (Å²) in [5.41, 5.74) is 7.50. The van der Waals surface area contributed by atoms with Gasteiger partial charge in [-0.1, -0.05) is 36.4 Å². The topological polar surface area (TPSA) is 150 Å². The fraction of sp³-hybridized carbons (Fsp3) is 0.208. The van der Waals surface area contributed by atoms with Crippen molar-refractivity contribution >= 4 is 40.6 Å². The number of alkyl halides is 6. The predicted molar refractivity (Wildman–Crippen MR) is 249 cm³/mol. The second kappa shape index (κ2) is 20.1. The van der Waals surface area contributed by atoms with E-state index in [-0.39, 0.29) is 41.4 Å². The van der Waals surface area contributed by atoms with E-state index in [9.17, 15) is 35.1 Å². The SMILES string of the molecule is CN1c2nc(Cl)ncc2OCC1c1ccccc1C(F)(F)F.Cc1cn(-c2ccc(N)cc2F)cn1.Cc1cn(-c2ccc(Nc3ncc4c(n3)N(C)C(c3ccccc3C(F)(F)F)CO4)cc2F)cn1. The van der Waals surface area contributed by atoms with Crippen molar-refractivity contribution < 1.29 is 44.6 Å². The molecule has 0 radical (unpaired) electrons. The fourth-order valence-electron chi connectivity index (χ4n) is 7.78. The van der Waals surface area contributed by atoms with Gasteiger partial charge < -0.3 is 39.5 Å². The quantitative estimate of drug-likeness (QED) is 0.0927. The molecule has 14 nitrogen and oxygen atoms in total. The number of nitrogen functional groups attached to an aromatic ring is 1. The highest BCUT2D eigenvalue weighted by molar-refractivity contribution is 6.28. The fourth-order valence-corrected chi connectivity index (χ4v) is 7.91. The Labute approximate surface area is 405 Å². The van der Waals surface area contributed by atoms with E-state index in [4.69, 9.17) is 26.8 Å². The van der Waals surface area contributed by atoms with Crippen molar-refractivity contribution in [3.05, 3.63) is 173 Å². The second-order valence-electron chi connectivity index (χ2n) is 16.1. The van der Waals surface area contributed by atoms with Gasteiger partial charge in [0.05, 0.1) is 71.0 Å². The summed E-state index contributed by atoms with van der Waals surface area (Å²) >= 11 is 5.76. The van der Waals surface area contributed by atoms with Crippen molar-refractivity contribution in [3.63, 3.8) is 0 Å². The molecule has 0 amide bonds. The molecule has 2 aliphatic heterocycles. The molecule has 2 unspecified atom stereocenters. The number of benzene rings is 4. The summed E-state index contributed by atoms with van der Waals surface area (Å²) in [5, 5.41) is 2.95. The van der Waals surface area contributed by atoms with E-state index in [0.717, 1.165) is 23.5 Å². The number of halogens is 9. The molecule has 8 aromatic rings. The lowest BCUT2D eigenvalue weighted by atomic mass is 9.98. The first-order valence-corrected chi connectivity index (χ1v) is 21.7. The van der Waals surface area contributed by atoms with Crippen LogP contribution in [0.5, 0.6) is 11.5 Å². The van der Waals surface area contributed by atoms with Crippen molar-refractivity contribution in [1.29, 1.82) is 0 Å². The number of hydrogen-bond acceptors (Lipinski definition) is 12. The molecule has 71 heavy (non-hydrogen) atoms. The minimum atomic E-state index is -4.50. The van der Waals surface area contributed by atoms with Crippen LogP contribution >= 0.6 is 11.6 Å². The van der Waals surface area contributed by atoms with E-state index in [1.54, 1.807) is 88.1 Å². The number of nitrogens with two attached hydrogens (primary N) is 1. The van der Waals surface area contributed by atoms with Gasteiger partial charge in [0, 0.05) is 37.9 Å². The number of ether oxygens (including phenoxy) is 2. The molecule has 0 bridgehead atoms. The van der Waals surface area contributed by atoms with Gasteiger partial charge >= 0.3 is 12.4 Å². The molecule has 0 saturated carbocycles. The van der Waals surface area contributed by atoms with Gasteiger partial charge in [-0.25, -0.2) is 28.7 Å². The molecule has 0 spiro atoms. The Bertz CT molecular complexity index is 3180. The smallest absolute Gasteiger partial charge is 0.416 e. The van der Waals surface area contributed by atoms with Gasteiger partial charge in [-0.15, -0.1) is 0 Å². The summed E-state index contributed by atoms with van der Waals surface area (Å²) in [4.78, 5) is 27.8. The summed E-state index contributed by atoms with van der Waals surface area (Å²) in [6.07, 6.45) is 0.484. The zero-order chi connectivity index (χ0) is 50.8. The van der Waals surface area contributed by atoms with Crippen LogP contribution in [0, 0.1) is 25.5 Å². The molecule has 0 aliphatic carbocycles. The molecule has 2 aliphatic rings. The van der Waals surface area contributed by atoms with E-state index in [1.807, 2.05) is 13.8 Å². The first-order chi connectivity index (χ1) is 33.7. The summed E-state index contributed by atoms with van der Waals surface area (Å²) in [6, 6.07) is 18.7. The summed E-state index contributed by atoms with van der Waals surface area (Å²) in [7, 11) is 3.31. The van der Waals surface area contributed by atoms with Gasteiger partial charge in [0.25, 0.3) is 0 Å². The number of nitrogens with zero attached hydrogens (tertiary/aromatic N) is 10. The molecule has 10 rings (SSSR count). The Kier molecular flexibility index (Phi) is 14.0. The molecular formula is C48H41ClF8N12O2. The Morgan fingerprint density at radius 3 is 1.59 bits per heavy atom. The van der Waals surface area contributed by atoms with Crippen LogP contribution in [0.1, 0.15) is 45.7 Å². The number of hydrogen-bond donors (Lipinski definition) is 2. The average molecular weight is 1010 g/mol. The van der Waals surface area contributed by atoms with Gasteiger partial charge in [0.2, 0.25) is 11.2 Å². The molecule has 6 heterocycles. The minimum absolute atomic E-state index is 0.00707. The van der Waals surface area contributed by atoms with E-state index in [0.29, 0.717) is 45.9 Å². The van der Waals surface area contributed by atoms with E-state index >= 15 is 0 Å². The van der Waals surface area contributed by atoms with Gasteiger partial charge in [-0.2, -0.15) is 36.3 Å². The highest BCUT2D eigenvalue weighted by atomic mass is 35.5. The minimum Gasteiger partial charge on any atom is -0.486 e. The zero-order valence-electron chi connectivity index (χ0n) is 37.9. The number of fused-ring (bicyclic) bond motifs is 2. The molecule has 4 aromatic heterocycles. The second-order valence-corrected chi connectivity index (χ2v) is 16.4. The standard InChI is InChI=1S/C24H20F4N6O.C14H11ClF3N3O.C10H10FN3/c1-14-11-34(13-30-14)19-8-7-15(9-18(19)25)31-23-29-10-21-22(32-23)33(2)20(12-35-21)16-5-3-4-6-17(16)24(26,27)28;1-21-10(7-22-11-6-19-13(15)20-12(11)21)8-4-2-3-5-9(8)14(16,17)18;1-7-5-14(6-13-7)10-3-2-8(12)4-9(10)11/h3-11,13,20H,12H2,1-2H3,(H,29,31,32);2-6,10H,7H2,1H3;2-6H,12H2,1H3. The summed E-state index contributed by atoms with van der Waals surface area (Å²) in [5.74, 6) is 0.755. The molecule has 4 aromatic carbocycles. The molecule has 0 fully saturated rings. The lowest BCUT2D eigenvalue weighted by Gasteiger charge is -2.36. The highest BCUT2D eigenvalue weighted by Crippen LogP contribution is 2.43. The predicted octanol–water partition coefficient (Wildman–Crippen LogP) is 11.1. The lowest BCUT2D eigenvalue weighted by molar-refractivity contribution is -0.139. The van der Waals surface area contributed by atoms with Crippen molar-refractivity contribution in [2.45, 2.75) is 38.3 Å². The normalized spacial score (nSPS) is 15.2. The van der Waals surface area contributed by atoms with E-state index in [2.05, 4.69) is 35.2 Å². The third kappa shape index (κ3) is 11.1. The largest absolute Gasteiger partial charge is 0.486 e. The van der Waals surface area contributed by atoms with Crippen molar-refractivity contribution in [2.75, 3.05) is 48.2 Å². The van der Waals surface area contributed by atoms with Crippen molar-refractivity contribution in [3.8, 4) is 22.9 Å². The van der Waals surface area contributed by atoms with Crippen LogP contribution in [0.25, 0.3) is 11.4 Å². The van der Waals surface area contributed by atoms with E-state index < -0.39 is 41.4 Å². The maximum absolute atomic E-state index is 14.7. The molecule has 3 N–H and O–H groups in total. The Morgan fingerprint density at radius 2 is 1.11 bits per heavy atom. The lowest BCUT2D eigenvalue weighted by Crippen LogP contribution is -2.35. The Hall–Kier alpha value is -8.01. The van der Waals surface area contributed by atoms with Crippen LogP contribution in [0.3, 0.4) is 0 Å². The van der Waals surface area contributed by atoms with Crippen LogP contribution < -0.4 is 30.3 Å². The van der Waals surface area contributed by atoms with Crippen LogP contribution in [-0.4, -0.2) is 66.3 Å². The first kappa shape index (κ1) is 49.4. The van der Waals surface area contributed by atoms with Gasteiger partial charge in [0.1, 0.15) is 24.8 Å². The van der Waals surface area contributed by atoms with Crippen LogP contribution in [0.4, 0.5) is 64.1 Å². The Balaban J connectivity index is 0.000000159. The number of likely N-dealkylation sites (N-methyl/N-ethyl adjacent to an activating group) is 2. The Morgan fingerprint density at radius 1 is 0.634 bits per heavy atom. The number of anilines is 5. The monoisotopic (exact) mass is 1000 g/mol. The van der Waals surface area contributed by atoms with Crippen LogP contribution in [0.2, 0.25) is 5.28 Å². The maximum Gasteiger partial charge on any atom is 0.416 e.